The molecule has 0 fully saturated rings. The smallest absolute Gasteiger partial charge is 0.426 e. The Labute approximate surface area is 72.4 Å². The van der Waals surface area contributed by atoms with Crippen LogP contribution in [0.3, 0.4) is 0 Å². The van der Waals surface area contributed by atoms with E-state index >= 15 is 0 Å². The number of allylic oxidation sites excluding steroid dienone is 1. The molecule has 3 heteroatoms. The maximum atomic E-state index is 10.9. The molecule has 1 aliphatic rings. The summed E-state index contributed by atoms with van der Waals surface area (Å²) < 4.78 is 9.81. The van der Waals surface area contributed by atoms with Crippen molar-refractivity contribution >= 4 is 6.16 Å². The maximum absolute atomic E-state index is 10.9. The minimum Gasteiger partial charge on any atom is -0.426 e. The van der Waals surface area contributed by atoms with Crippen molar-refractivity contribution in [1.82, 2.24) is 0 Å². The first-order valence-electron chi connectivity index (χ1n) is 4.08. The molecule has 0 radical (unpaired) electrons. The summed E-state index contributed by atoms with van der Waals surface area (Å²) in [5.74, 6) is 0.970. The van der Waals surface area contributed by atoms with Gasteiger partial charge in [0.25, 0.3) is 0 Å². The quantitative estimate of drug-likeness (QED) is 0.567. The van der Waals surface area contributed by atoms with Gasteiger partial charge in [-0.15, -0.1) is 0 Å². The molecule has 1 aliphatic heterocycles. The minimum absolute atomic E-state index is 0.119. The van der Waals surface area contributed by atoms with Crippen molar-refractivity contribution in [1.29, 1.82) is 0 Å². The Balaban J connectivity index is 2.88. The van der Waals surface area contributed by atoms with Crippen molar-refractivity contribution in [3.63, 3.8) is 0 Å². The van der Waals surface area contributed by atoms with Crippen molar-refractivity contribution in [3.8, 4) is 0 Å². The van der Waals surface area contributed by atoms with E-state index in [0.717, 1.165) is 5.57 Å². The fraction of sp³-hybridized carbons (Fsp3) is 0.667. The fourth-order valence-electron chi connectivity index (χ4n) is 1.26. The second-order valence-corrected chi connectivity index (χ2v) is 3.37. The highest BCUT2D eigenvalue weighted by atomic mass is 16.7. The van der Waals surface area contributed by atoms with E-state index < -0.39 is 6.16 Å². The van der Waals surface area contributed by atoms with E-state index in [9.17, 15) is 4.79 Å². The van der Waals surface area contributed by atoms with Gasteiger partial charge in [-0.2, -0.15) is 0 Å². The van der Waals surface area contributed by atoms with Crippen LogP contribution in [0.25, 0.3) is 0 Å². The van der Waals surface area contributed by atoms with Crippen LogP contribution in [-0.4, -0.2) is 12.3 Å². The molecule has 3 nitrogen and oxygen atoms in total. The number of rotatable bonds is 1. The summed E-state index contributed by atoms with van der Waals surface area (Å²) >= 11 is 0. The lowest BCUT2D eigenvalue weighted by Gasteiger charge is -2.27. The summed E-state index contributed by atoms with van der Waals surface area (Å²) in [6.07, 6.45) is -0.706. The van der Waals surface area contributed by atoms with Crippen LogP contribution in [0.1, 0.15) is 27.7 Å². The Morgan fingerprint density at radius 1 is 1.33 bits per heavy atom. The largest absolute Gasteiger partial charge is 0.514 e. The molecule has 68 valence electrons. The number of carbonyl (C=O) groups excluding carboxylic acids is 1. The second-order valence-electron chi connectivity index (χ2n) is 3.37. The monoisotopic (exact) mass is 170 g/mol. The maximum Gasteiger partial charge on any atom is 0.514 e. The van der Waals surface area contributed by atoms with Crippen LogP contribution < -0.4 is 0 Å². The highest BCUT2D eigenvalue weighted by Gasteiger charge is 2.28. The lowest BCUT2D eigenvalue weighted by Crippen LogP contribution is -2.30. The lowest BCUT2D eigenvalue weighted by molar-refractivity contribution is 0.0174. The fourth-order valence-corrected chi connectivity index (χ4v) is 1.26. The predicted molar refractivity (Wildman–Crippen MR) is 44.6 cm³/mol. The Morgan fingerprint density at radius 3 is 2.42 bits per heavy atom. The molecule has 0 aromatic rings. The van der Waals surface area contributed by atoms with E-state index in [1.165, 1.54) is 0 Å². The van der Waals surface area contributed by atoms with Crippen molar-refractivity contribution in [2.45, 2.75) is 33.8 Å². The van der Waals surface area contributed by atoms with E-state index in [1.54, 1.807) is 6.92 Å². The molecule has 0 saturated carbocycles. The normalized spacial score (nSPS) is 24.1. The lowest BCUT2D eigenvalue weighted by atomic mass is 9.99. The van der Waals surface area contributed by atoms with E-state index in [1.807, 2.05) is 20.8 Å². The van der Waals surface area contributed by atoms with Crippen LogP contribution in [0.5, 0.6) is 0 Å². The highest BCUT2D eigenvalue weighted by Crippen LogP contribution is 2.24. The summed E-state index contributed by atoms with van der Waals surface area (Å²) in [5, 5.41) is 0. The minimum atomic E-state index is -0.586. The number of hydrogen-bond donors (Lipinski definition) is 0. The molecule has 0 N–H and O–H groups in total. The van der Waals surface area contributed by atoms with Gasteiger partial charge in [-0.1, -0.05) is 13.8 Å². The van der Waals surface area contributed by atoms with Gasteiger partial charge in [0.1, 0.15) is 11.9 Å². The average molecular weight is 170 g/mol. The highest BCUT2D eigenvalue weighted by molar-refractivity contribution is 5.63. The van der Waals surface area contributed by atoms with Gasteiger partial charge in [-0.25, -0.2) is 4.79 Å². The zero-order chi connectivity index (χ0) is 9.30. The SMILES string of the molecule is CC1=C(C)C(C(C)C)OC(=O)O1. The van der Waals surface area contributed by atoms with Crippen LogP contribution in [-0.2, 0) is 9.47 Å². The Kier molecular flexibility index (Phi) is 2.40. The molecule has 0 spiro atoms. The molecule has 0 amide bonds. The molecule has 0 aromatic heterocycles. The van der Waals surface area contributed by atoms with Gasteiger partial charge in [-0.05, 0) is 19.8 Å². The van der Waals surface area contributed by atoms with Crippen molar-refractivity contribution in [2.75, 3.05) is 0 Å². The summed E-state index contributed by atoms with van der Waals surface area (Å²) in [7, 11) is 0. The molecule has 1 heterocycles. The molecule has 0 bridgehead atoms. The van der Waals surface area contributed by atoms with Crippen molar-refractivity contribution in [3.05, 3.63) is 11.3 Å². The number of hydrogen-bond acceptors (Lipinski definition) is 3. The number of carbonyl (C=O) groups is 1. The van der Waals surface area contributed by atoms with E-state index in [-0.39, 0.29) is 6.10 Å². The summed E-state index contributed by atoms with van der Waals surface area (Å²) in [5.41, 5.74) is 1.00. The van der Waals surface area contributed by atoms with Gasteiger partial charge >= 0.3 is 6.16 Å². The summed E-state index contributed by atoms with van der Waals surface area (Å²) in [6, 6.07) is 0. The first-order valence-corrected chi connectivity index (χ1v) is 4.08. The molecule has 0 aromatic carbocycles. The van der Waals surface area contributed by atoms with Crippen LogP contribution in [0.15, 0.2) is 11.3 Å². The standard InChI is InChI=1S/C9H14O3/c1-5(2)8-6(3)7(4)11-9(10)12-8/h5,8H,1-4H3. The van der Waals surface area contributed by atoms with Crippen LogP contribution >= 0.6 is 0 Å². The summed E-state index contributed by atoms with van der Waals surface area (Å²) in [4.78, 5) is 10.9. The summed E-state index contributed by atoms with van der Waals surface area (Å²) in [6.45, 7) is 7.73. The zero-order valence-corrected chi connectivity index (χ0v) is 7.88. The average Bonchev–Trinajstić information content (AvgIpc) is 1.96. The van der Waals surface area contributed by atoms with Gasteiger partial charge in [0.15, 0.2) is 0 Å². The first kappa shape index (κ1) is 9.10. The molecular formula is C9H14O3. The molecule has 12 heavy (non-hydrogen) atoms. The molecule has 1 unspecified atom stereocenters. The van der Waals surface area contributed by atoms with Crippen LogP contribution in [0.2, 0.25) is 0 Å². The van der Waals surface area contributed by atoms with Crippen LogP contribution in [0.4, 0.5) is 4.79 Å². The number of cyclic esters (lactones) is 2. The molecule has 0 aliphatic carbocycles. The number of ether oxygens (including phenoxy) is 2. The predicted octanol–water partition coefficient (Wildman–Crippen LogP) is 2.47. The van der Waals surface area contributed by atoms with Gasteiger partial charge in [0.05, 0.1) is 0 Å². The molecule has 1 atom stereocenters. The van der Waals surface area contributed by atoms with Crippen molar-refractivity contribution < 1.29 is 14.3 Å². The molecular weight excluding hydrogens is 156 g/mol. The third-order valence-corrected chi connectivity index (χ3v) is 2.05. The second kappa shape index (κ2) is 3.17. The van der Waals surface area contributed by atoms with Crippen LogP contribution in [0, 0.1) is 5.92 Å². The van der Waals surface area contributed by atoms with Gasteiger partial charge < -0.3 is 9.47 Å². The van der Waals surface area contributed by atoms with E-state index in [2.05, 4.69) is 0 Å². The molecule has 1 rings (SSSR count). The molecule has 0 saturated heterocycles. The van der Waals surface area contributed by atoms with Gasteiger partial charge in [0.2, 0.25) is 0 Å². The third kappa shape index (κ3) is 1.60. The Morgan fingerprint density at radius 2 is 1.92 bits per heavy atom. The third-order valence-electron chi connectivity index (χ3n) is 2.05. The Bertz CT molecular complexity index is 228. The Hall–Kier alpha value is -0.990. The van der Waals surface area contributed by atoms with Crippen molar-refractivity contribution in [2.24, 2.45) is 5.92 Å². The van der Waals surface area contributed by atoms with E-state index in [0.29, 0.717) is 11.7 Å². The first-order chi connectivity index (χ1) is 5.52. The topological polar surface area (TPSA) is 35.5 Å². The van der Waals surface area contributed by atoms with Gasteiger partial charge in [-0.3, -0.25) is 0 Å². The van der Waals surface area contributed by atoms with E-state index in [4.69, 9.17) is 9.47 Å². The zero-order valence-electron chi connectivity index (χ0n) is 7.88. The van der Waals surface area contributed by atoms with Gasteiger partial charge in [0, 0.05) is 5.57 Å².